The van der Waals surface area contributed by atoms with Crippen LogP contribution < -0.4 is 4.90 Å². The van der Waals surface area contributed by atoms with Crippen LogP contribution in [0.1, 0.15) is 0 Å². The Kier molecular flexibility index (Phi) is 7.61. The maximum absolute atomic E-state index is 2.52. The van der Waals surface area contributed by atoms with E-state index in [9.17, 15) is 0 Å². The lowest BCUT2D eigenvalue weighted by atomic mass is 9.93. The van der Waals surface area contributed by atoms with Gasteiger partial charge in [0.05, 0.1) is 11.4 Å². The number of benzene rings is 9. The summed E-state index contributed by atoms with van der Waals surface area (Å²) >= 11 is 3.75. The Bertz CT molecular complexity index is 3220. The molecular formula is C52H33NS2. The maximum atomic E-state index is 2.52. The van der Waals surface area contributed by atoms with Gasteiger partial charge in [-0.15, -0.1) is 22.7 Å². The topological polar surface area (TPSA) is 3.24 Å². The van der Waals surface area contributed by atoms with Crippen molar-refractivity contribution in [3.05, 3.63) is 200 Å². The predicted octanol–water partition coefficient (Wildman–Crippen LogP) is 16.0. The molecule has 9 aromatic carbocycles. The molecule has 0 radical (unpaired) electrons. The van der Waals surface area contributed by atoms with E-state index in [0.717, 1.165) is 17.1 Å². The highest BCUT2D eigenvalue weighted by molar-refractivity contribution is 7.26. The molecule has 0 spiro atoms. The standard InChI is InChI=1S/C52H33NS2/c1-2-14-35(15-3-1)40-30-28-36(39-22-12-17-34-16-4-5-18-38(34)39)32-48(40)53(37-29-31-44-42-20-7-10-26-49(42)54-51(44)33-37)47-25-9-6-19-41(47)45-23-13-24-46-43-21-8-11-27-50(43)55-52(45)46/h1-33H. The maximum Gasteiger partial charge on any atom is 0.0546 e. The Hall–Kier alpha value is -6.52. The second-order valence-electron chi connectivity index (χ2n) is 14.0. The van der Waals surface area contributed by atoms with Gasteiger partial charge in [-0.1, -0.05) is 164 Å². The van der Waals surface area contributed by atoms with Gasteiger partial charge in [-0.3, -0.25) is 0 Å². The van der Waals surface area contributed by atoms with Gasteiger partial charge in [0.2, 0.25) is 0 Å². The van der Waals surface area contributed by atoms with E-state index in [-0.39, 0.29) is 0 Å². The normalized spacial score (nSPS) is 11.6. The van der Waals surface area contributed by atoms with E-state index >= 15 is 0 Å². The number of para-hydroxylation sites is 1. The molecule has 0 saturated carbocycles. The van der Waals surface area contributed by atoms with Crippen molar-refractivity contribution >= 4 is 90.9 Å². The molecule has 0 fully saturated rings. The van der Waals surface area contributed by atoms with Crippen LogP contribution in [0.3, 0.4) is 0 Å². The molecule has 0 N–H and O–H groups in total. The minimum Gasteiger partial charge on any atom is -0.309 e. The average molecular weight is 736 g/mol. The molecular weight excluding hydrogens is 703 g/mol. The third-order valence-corrected chi connectivity index (χ3v) is 13.2. The zero-order valence-corrected chi connectivity index (χ0v) is 31.4. The van der Waals surface area contributed by atoms with Crippen LogP contribution in [0, 0.1) is 0 Å². The summed E-state index contributed by atoms with van der Waals surface area (Å²) in [5, 5.41) is 7.69. The van der Waals surface area contributed by atoms with Crippen LogP contribution in [-0.2, 0) is 0 Å². The van der Waals surface area contributed by atoms with E-state index in [4.69, 9.17) is 0 Å². The molecule has 0 aliphatic rings. The Balaban J connectivity index is 1.22. The number of hydrogen-bond acceptors (Lipinski definition) is 3. The summed E-state index contributed by atoms with van der Waals surface area (Å²) in [4.78, 5) is 2.52. The third-order valence-electron chi connectivity index (χ3n) is 10.9. The number of fused-ring (bicyclic) bond motifs is 7. The van der Waals surface area contributed by atoms with Gasteiger partial charge >= 0.3 is 0 Å². The smallest absolute Gasteiger partial charge is 0.0546 e. The second kappa shape index (κ2) is 13.1. The molecule has 55 heavy (non-hydrogen) atoms. The van der Waals surface area contributed by atoms with Gasteiger partial charge in [0.25, 0.3) is 0 Å². The number of nitrogens with zero attached hydrogens (tertiary/aromatic N) is 1. The van der Waals surface area contributed by atoms with Crippen LogP contribution in [0.15, 0.2) is 200 Å². The molecule has 0 amide bonds. The predicted molar refractivity (Wildman–Crippen MR) is 241 cm³/mol. The minimum atomic E-state index is 1.13. The zero-order chi connectivity index (χ0) is 36.3. The quantitative estimate of drug-likeness (QED) is 0.164. The van der Waals surface area contributed by atoms with E-state index in [1.165, 1.54) is 84.5 Å². The first-order valence-corrected chi connectivity index (χ1v) is 20.3. The van der Waals surface area contributed by atoms with Crippen molar-refractivity contribution in [3.63, 3.8) is 0 Å². The largest absolute Gasteiger partial charge is 0.309 e. The summed E-state index contributed by atoms with van der Waals surface area (Å²) in [5.41, 5.74) is 10.6. The van der Waals surface area contributed by atoms with Crippen LogP contribution in [0.4, 0.5) is 17.1 Å². The molecule has 0 unspecified atom stereocenters. The van der Waals surface area contributed by atoms with Crippen molar-refractivity contribution in [2.75, 3.05) is 4.90 Å². The summed E-state index contributed by atoms with van der Waals surface area (Å²) < 4.78 is 5.20. The van der Waals surface area contributed by atoms with Crippen LogP contribution in [0.5, 0.6) is 0 Å². The van der Waals surface area contributed by atoms with Gasteiger partial charge in [0.1, 0.15) is 0 Å². The van der Waals surface area contributed by atoms with Gasteiger partial charge in [0, 0.05) is 62.7 Å². The van der Waals surface area contributed by atoms with Crippen molar-refractivity contribution < 1.29 is 0 Å². The summed E-state index contributed by atoms with van der Waals surface area (Å²) in [5.74, 6) is 0. The molecule has 11 rings (SSSR count). The molecule has 0 aliphatic heterocycles. The highest BCUT2D eigenvalue weighted by Crippen LogP contribution is 2.50. The lowest BCUT2D eigenvalue weighted by Gasteiger charge is -2.30. The zero-order valence-electron chi connectivity index (χ0n) is 29.8. The van der Waals surface area contributed by atoms with Crippen LogP contribution in [-0.4, -0.2) is 0 Å². The Morgan fingerprint density at radius 3 is 1.80 bits per heavy atom. The average Bonchev–Trinajstić information content (AvgIpc) is 3.82. The number of hydrogen-bond donors (Lipinski definition) is 0. The molecule has 11 aromatic rings. The summed E-state index contributed by atoms with van der Waals surface area (Å²) in [6, 6.07) is 73.6. The monoisotopic (exact) mass is 735 g/mol. The van der Waals surface area contributed by atoms with E-state index < -0.39 is 0 Å². The van der Waals surface area contributed by atoms with Crippen molar-refractivity contribution in [2.24, 2.45) is 0 Å². The molecule has 258 valence electrons. The second-order valence-corrected chi connectivity index (χ2v) is 16.2. The van der Waals surface area contributed by atoms with Gasteiger partial charge in [-0.2, -0.15) is 0 Å². The first-order valence-electron chi connectivity index (χ1n) is 18.7. The highest BCUT2D eigenvalue weighted by atomic mass is 32.1. The van der Waals surface area contributed by atoms with Crippen molar-refractivity contribution in [3.8, 4) is 33.4 Å². The van der Waals surface area contributed by atoms with Crippen molar-refractivity contribution in [1.29, 1.82) is 0 Å². The fourth-order valence-corrected chi connectivity index (χ4v) is 10.7. The fourth-order valence-electron chi connectivity index (χ4n) is 8.34. The molecule has 2 heterocycles. The summed E-state index contributed by atoms with van der Waals surface area (Å²) in [7, 11) is 0. The Morgan fingerprint density at radius 2 is 0.927 bits per heavy atom. The van der Waals surface area contributed by atoms with Gasteiger partial charge in [0.15, 0.2) is 0 Å². The fraction of sp³-hybridized carbons (Fsp3) is 0. The van der Waals surface area contributed by atoms with Crippen LogP contribution >= 0.6 is 22.7 Å². The van der Waals surface area contributed by atoms with Crippen molar-refractivity contribution in [1.82, 2.24) is 0 Å². The number of anilines is 3. The van der Waals surface area contributed by atoms with Crippen LogP contribution in [0.25, 0.3) is 84.5 Å². The lowest BCUT2D eigenvalue weighted by Crippen LogP contribution is -2.12. The van der Waals surface area contributed by atoms with E-state index in [2.05, 4.69) is 205 Å². The van der Waals surface area contributed by atoms with Crippen molar-refractivity contribution in [2.45, 2.75) is 0 Å². The highest BCUT2D eigenvalue weighted by Gasteiger charge is 2.24. The molecule has 1 nitrogen and oxygen atoms in total. The SMILES string of the molecule is c1ccc(-c2ccc(-c3cccc4ccccc34)cc2N(c2ccc3c(c2)sc2ccccc23)c2ccccc2-c2cccc3c2sc2ccccc23)cc1. The number of rotatable bonds is 6. The first kappa shape index (κ1) is 32.0. The Morgan fingerprint density at radius 1 is 0.309 bits per heavy atom. The first-order chi connectivity index (χ1) is 27.3. The van der Waals surface area contributed by atoms with Crippen LogP contribution in [0.2, 0.25) is 0 Å². The Labute approximate surface area is 327 Å². The molecule has 0 saturated heterocycles. The molecule has 3 heteroatoms. The van der Waals surface area contributed by atoms with Gasteiger partial charge in [-0.05, 0) is 63.9 Å². The van der Waals surface area contributed by atoms with Gasteiger partial charge in [-0.25, -0.2) is 0 Å². The van der Waals surface area contributed by atoms with E-state index in [1.54, 1.807) is 0 Å². The number of thiophene rings is 2. The summed E-state index contributed by atoms with van der Waals surface area (Å²) in [6.45, 7) is 0. The molecule has 0 aliphatic carbocycles. The lowest BCUT2D eigenvalue weighted by molar-refractivity contribution is 1.29. The third kappa shape index (κ3) is 5.35. The molecule has 2 aromatic heterocycles. The molecule has 0 bridgehead atoms. The van der Waals surface area contributed by atoms with E-state index in [1.807, 2.05) is 22.7 Å². The van der Waals surface area contributed by atoms with E-state index in [0.29, 0.717) is 0 Å². The minimum absolute atomic E-state index is 1.13. The summed E-state index contributed by atoms with van der Waals surface area (Å²) in [6.07, 6.45) is 0. The molecule has 0 atom stereocenters. The van der Waals surface area contributed by atoms with Gasteiger partial charge < -0.3 is 4.90 Å².